The van der Waals surface area contributed by atoms with Crippen molar-refractivity contribution in [3.63, 3.8) is 0 Å². The van der Waals surface area contributed by atoms with Crippen LogP contribution in [0.5, 0.6) is 0 Å². The van der Waals surface area contributed by atoms with Gasteiger partial charge in [0.15, 0.2) is 5.82 Å². The van der Waals surface area contributed by atoms with Crippen LogP contribution in [-0.4, -0.2) is 20.7 Å². The van der Waals surface area contributed by atoms with Crippen LogP contribution >= 0.6 is 27.5 Å². The van der Waals surface area contributed by atoms with Gasteiger partial charge in [-0.05, 0) is 67.8 Å². The Bertz CT molecular complexity index is 1280. The Morgan fingerprint density at radius 2 is 1.68 bits per heavy atom. The number of anilines is 1. The molecule has 0 radical (unpaired) electrons. The van der Waals surface area contributed by atoms with Gasteiger partial charge in [-0.15, -0.1) is 5.10 Å². The number of benzene rings is 3. The van der Waals surface area contributed by atoms with Crippen molar-refractivity contribution in [1.29, 1.82) is 0 Å². The molecular formula is C24H20BrClN4O. The molecule has 4 aromatic rings. The summed E-state index contributed by atoms with van der Waals surface area (Å²) in [4.78, 5) is 17.5. The first kappa shape index (κ1) is 21.3. The van der Waals surface area contributed by atoms with Crippen LogP contribution in [0.2, 0.25) is 5.02 Å². The van der Waals surface area contributed by atoms with E-state index in [0.29, 0.717) is 16.5 Å². The van der Waals surface area contributed by atoms with E-state index >= 15 is 0 Å². The van der Waals surface area contributed by atoms with E-state index in [1.807, 2.05) is 69.3 Å². The molecule has 7 heteroatoms. The number of halogens is 2. The summed E-state index contributed by atoms with van der Waals surface area (Å²) in [6.45, 7) is 5.94. The van der Waals surface area contributed by atoms with Gasteiger partial charge in [0, 0.05) is 20.7 Å². The minimum Gasteiger partial charge on any atom is -0.319 e. The van der Waals surface area contributed by atoms with Crippen molar-refractivity contribution >= 4 is 39.1 Å². The van der Waals surface area contributed by atoms with E-state index in [0.717, 1.165) is 32.4 Å². The Labute approximate surface area is 194 Å². The van der Waals surface area contributed by atoms with Gasteiger partial charge < -0.3 is 5.32 Å². The molecule has 1 heterocycles. The lowest BCUT2D eigenvalue weighted by atomic mass is 10.1. The normalized spacial score (nSPS) is 10.9. The number of carbonyl (C=O) groups is 1. The number of nitrogens with zero attached hydrogens (tertiary/aromatic N) is 3. The van der Waals surface area contributed by atoms with Gasteiger partial charge in [-0.3, -0.25) is 4.79 Å². The second-order valence-electron chi connectivity index (χ2n) is 7.39. The van der Waals surface area contributed by atoms with Crippen LogP contribution in [0.3, 0.4) is 0 Å². The molecule has 0 aliphatic heterocycles. The molecule has 4 rings (SSSR count). The third-order valence-electron chi connectivity index (χ3n) is 4.94. The predicted molar refractivity (Wildman–Crippen MR) is 128 cm³/mol. The molecule has 31 heavy (non-hydrogen) atoms. The fraction of sp³-hybridized carbons (Fsp3) is 0.125. The van der Waals surface area contributed by atoms with Crippen LogP contribution in [-0.2, 0) is 0 Å². The maximum atomic E-state index is 12.9. The van der Waals surface area contributed by atoms with Gasteiger partial charge in [-0.25, -0.2) is 9.67 Å². The molecule has 0 fully saturated rings. The number of aromatic nitrogens is 3. The Hall–Kier alpha value is -2.96. The zero-order valence-corrected chi connectivity index (χ0v) is 19.6. The first-order chi connectivity index (χ1) is 14.8. The number of hydrogen-bond donors (Lipinski definition) is 1. The third-order valence-corrected chi connectivity index (χ3v) is 5.87. The minimum atomic E-state index is -0.401. The summed E-state index contributed by atoms with van der Waals surface area (Å²) in [7, 11) is 0. The second kappa shape index (κ2) is 8.65. The Morgan fingerprint density at radius 1 is 0.968 bits per heavy atom. The first-order valence-electron chi connectivity index (χ1n) is 9.70. The van der Waals surface area contributed by atoms with Crippen molar-refractivity contribution in [3.05, 3.63) is 92.7 Å². The molecular weight excluding hydrogens is 476 g/mol. The molecule has 0 aliphatic carbocycles. The van der Waals surface area contributed by atoms with Gasteiger partial charge in [0.2, 0.25) is 5.82 Å². The zero-order chi connectivity index (χ0) is 22.1. The molecule has 1 amide bonds. The summed E-state index contributed by atoms with van der Waals surface area (Å²) in [5, 5.41) is 7.99. The first-order valence-corrected chi connectivity index (χ1v) is 10.9. The quantitative estimate of drug-likeness (QED) is 0.350. The maximum Gasteiger partial charge on any atom is 0.295 e. The van der Waals surface area contributed by atoms with Crippen LogP contribution in [0.1, 0.15) is 27.3 Å². The Morgan fingerprint density at radius 3 is 2.39 bits per heavy atom. The number of aryl methyl sites for hydroxylation is 3. The van der Waals surface area contributed by atoms with Crippen molar-refractivity contribution in [2.45, 2.75) is 20.8 Å². The van der Waals surface area contributed by atoms with Crippen LogP contribution in [0, 0.1) is 20.8 Å². The fourth-order valence-electron chi connectivity index (χ4n) is 3.17. The second-order valence-corrected chi connectivity index (χ2v) is 8.71. The lowest BCUT2D eigenvalue weighted by Gasteiger charge is -2.10. The highest BCUT2D eigenvalue weighted by Gasteiger charge is 2.20. The van der Waals surface area contributed by atoms with Crippen molar-refractivity contribution in [3.8, 4) is 17.1 Å². The molecule has 1 aromatic heterocycles. The monoisotopic (exact) mass is 494 g/mol. The number of carbonyl (C=O) groups excluding carboxylic acids is 1. The summed E-state index contributed by atoms with van der Waals surface area (Å²) in [5.74, 6) is 0.270. The van der Waals surface area contributed by atoms with E-state index in [1.165, 1.54) is 0 Å². The lowest BCUT2D eigenvalue weighted by molar-refractivity contribution is 0.101. The van der Waals surface area contributed by atoms with Gasteiger partial charge in [0.1, 0.15) is 0 Å². The minimum absolute atomic E-state index is 0.0792. The van der Waals surface area contributed by atoms with E-state index < -0.39 is 5.91 Å². The van der Waals surface area contributed by atoms with Gasteiger partial charge in [0.25, 0.3) is 5.91 Å². The lowest BCUT2D eigenvalue weighted by Crippen LogP contribution is -2.14. The molecule has 0 spiro atoms. The smallest absolute Gasteiger partial charge is 0.295 e. The van der Waals surface area contributed by atoms with Crippen LogP contribution in [0.25, 0.3) is 17.1 Å². The largest absolute Gasteiger partial charge is 0.319 e. The van der Waals surface area contributed by atoms with E-state index in [2.05, 4.69) is 31.3 Å². The molecule has 1 N–H and O–H groups in total. The van der Waals surface area contributed by atoms with Crippen LogP contribution in [0.15, 0.2) is 65.1 Å². The molecule has 0 aliphatic rings. The van der Waals surface area contributed by atoms with E-state index in [1.54, 1.807) is 16.8 Å². The molecule has 0 bridgehead atoms. The average Bonchev–Trinajstić information content (AvgIpc) is 3.18. The number of amides is 1. The third kappa shape index (κ3) is 4.55. The van der Waals surface area contributed by atoms with E-state index in [9.17, 15) is 4.79 Å². The predicted octanol–water partition coefficient (Wildman–Crippen LogP) is 6.53. The summed E-state index contributed by atoms with van der Waals surface area (Å²) >= 11 is 9.65. The molecule has 0 saturated heterocycles. The molecule has 156 valence electrons. The van der Waals surface area contributed by atoms with Crippen molar-refractivity contribution < 1.29 is 4.79 Å². The van der Waals surface area contributed by atoms with Crippen molar-refractivity contribution in [2.24, 2.45) is 0 Å². The van der Waals surface area contributed by atoms with Gasteiger partial charge in [-0.2, -0.15) is 0 Å². The van der Waals surface area contributed by atoms with Crippen molar-refractivity contribution in [1.82, 2.24) is 14.8 Å². The molecule has 0 atom stereocenters. The highest BCUT2D eigenvalue weighted by molar-refractivity contribution is 9.10. The Balaban J connectivity index is 1.78. The van der Waals surface area contributed by atoms with Crippen LogP contribution in [0.4, 0.5) is 5.69 Å². The standard InChI is InChI=1S/C24H20BrClN4O/c1-14-4-5-16(3)21(12-14)30-23(17-7-9-18(25)10-8-17)28-22(29-30)24(31)27-19-11-6-15(2)20(26)13-19/h4-13H,1-3H3,(H,27,31). The SMILES string of the molecule is Cc1ccc(C)c(-n2nc(C(=O)Nc3ccc(C)c(Cl)c3)nc2-c2ccc(Br)cc2)c1. The Kier molecular flexibility index (Phi) is 5.94. The van der Waals surface area contributed by atoms with Gasteiger partial charge >= 0.3 is 0 Å². The van der Waals surface area contributed by atoms with Crippen molar-refractivity contribution in [2.75, 3.05) is 5.32 Å². The fourth-order valence-corrected chi connectivity index (χ4v) is 3.61. The van der Waals surface area contributed by atoms with E-state index in [-0.39, 0.29) is 5.82 Å². The molecule has 5 nitrogen and oxygen atoms in total. The summed E-state index contributed by atoms with van der Waals surface area (Å²) < 4.78 is 2.69. The summed E-state index contributed by atoms with van der Waals surface area (Å²) in [5.41, 5.74) is 5.39. The molecule has 0 unspecified atom stereocenters. The number of rotatable bonds is 4. The molecule has 3 aromatic carbocycles. The topological polar surface area (TPSA) is 59.8 Å². The molecule has 0 saturated carbocycles. The van der Waals surface area contributed by atoms with E-state index in [4.69, 9.17) is 11.6 Å². The van der Waals surface area contributed by atoms with Crippen LogP contribution < -0.4 is 5.32 Å². The average molecular weight is 496 g/mol. The highest BCUT2D eigenvalue weighted by Crippen LogP contribution is 2.26. The number of hydrogen-bond acceptors (Lipinski definition) is 3. The van der Waals surface area contributed by atoms with Gasteiger partial charge in [-0.1, -0.05) is 57.9 Å². The zero-order valence-electron chi connectivity index (χ0n) is 17.3. The summed E-state index contributed by atoms with van der Waals surface area (Å²) in [6, 6.07) is 19.2. The number of nitrogens with one attached hydrogen (secondary N) is 1. The van der Waals surface area contributed by atoms with Gasteiger partial charge in [0.05, 0.1) is 5.69 Å². The highest BCUT2D eigenvalue weighted by atomic mass is 79.9. The maximum absolute atomic E-state index is 12.9. The summed E-state index contributed by atoms with van der Waals surface area (Å²) in [6.07, 6.45) is 0.